The van der Waals surface area contributed by atoms with Crippen LogP contribution in [0.1, 0.15) is 90.9 Å². The molecule has 0 spiro atoms. The van der Waals surface area contributed by atoms with Gasteiger partial charge in [0.25, 0.3) is 0 Å². The molecule has 1 nitrogen and oxygen atoms in total. The fourth-order valence-electron chi connectivity index (χ4n) is 6.05. The van der Waals surface area contributed by atoms with Gasteiger partial charge in [0.1, 0.15) is 0 Å². The fraction of sp³-hybridized carbons (Fsp3) is 0.704. The summed E-state index contributed by atoms with van der Waals surface area (Å²) < 4.78 is 0. The summed E-state index contributed by atoms with van der Waals surface area (Å²) in [6, 6.07) is 0. The summed E-state index contributed by atoms with van der Waals surface area (Å²) in [4.78, 5) is 0. The standard InChI is InChI=1S/C27H40O/c1-5-27-18-8-10-22(13-14-23-19-25(28)16-12-21(23)4)26(27)17-15-24(27)11-7-6-9-20(2)3/h1,13-14,20,24-26,28H,4,6-12,15-19H2,2-3H3. The first kappa shape index (κ1) is 21.4. The van der Waals surface area contributed by atoms with Gasteiger partial charge in [-0.25, -0.2) is 0 Å². The van der Waals surface area contributed by atoms with Crippen molar-refractivity contribution in [3.8, 4) is 12.3 Å². The summed E-state index contributed by atoms with van der Waals surface area (Å²) in [5.41, 5.74) is 4.11. The zero-order valence-corrected chi connectivity index (χ0v) is 18.2. The molecule has 0 saturated heterocycles. The molecule has 4 unspecified atom stereocenters. The minimum absolute atomic E-state index is 0.101. The van der Waals surface area contributed by atoms with Crippen LogP contribution >= 0.6 is 0 Å². The summed E-state index contributed by atoms with van der Waals surface area (Å²) >= 11 is 0. The van der Waals surface area contributed by atoms with E-state index in [4.69, 9.17) is 6.42 Å². The highest BCUT2D eigenvalue weighted by atomic mass is 16.3. The second kappa shape index (κ2) is 9.49. The molecule has 0 bridgehead atoms. The molecule has 0 radical (unpaired) electrons. The number of aliphatic hydroxyl groups is 1. The van der Waals surface area contributed by atoms with Crippen molar-refractivity contribution in [1.29, 1.82) is 0 Å². The van der Waals surface area contributed by atoms with Crippen LogP contribution in [-0.2, 0) is 0 Å². The van der Waals surface area contributed by atoms with Crippen LogP contribution in [0.25, 0.3) is 0 Å². The van der Waals surface area contributed by atoms with Crippen molar-refractivity contribution >= 4 is 0 Å². The highest BCUT2D eigenvalue weighted by Crippen LogP contribution is 2.58. The van der Waals surface area contributed by atoms with Crippen molar-refractivity contribution in [3.63, 3.8) is 0 Å². The summed E-state index contributed by atoms with van der Waals surface area (Å²) in [5.74, 6) is 5.43. The third kappa shape index (κ3) is 4.65. The molecule has 0 aromatic carbocycles. The van der Waals surface area contributed by atoms with Crippen molar-refractivity contribution in [3.05, 3.63) is 35.5 Å². The van der Waals surface area contributed by atoms with Gasteiger partial charge in [-0.15, -0.1) is 6.42 Å². The molecule has 0 aromatic heterocycles. The second-order valence-corrected chi connectivity index (χ2v) is 9.98. The quantitative estimate of drug-likeness (QED) is 0.389. The molecular weight excluding hydrogens is 340 g/mol. The molecule has 154 valence electrons. The number of terminal acetylenes is 1. The lowest BCUT2D eigenvalue weighted by atomic mass is 9.62. The minimum Gasteiger partial charge on any atom is -0.393 e. The van der Waals surface area contributed by atoms with E-state index in [1.54, 1.807) is 5.57 Å². The van der Waals surface area contributed by atoms with Crippen molar-refractivity contribution in [2.45, 2.75) is 97.0 Å². The topological polar surface area (TPSA) is 20.2 Å². The number of fused-ring (bicyclic) bond motifs is 1. The van der Waals surface area contributed by atoms with Crippen molar-refractivity contribution in [2.75, 3.05) is 0 Å². The molecule has 3 aliphatic carbocycles. The van der Waals surface area contributed by atoms with E-state index in [0.29, 0.717) is 11.8 Å². The van der Waals surface area contributed by atoms with E-state index in [2.05, 4.69) is 38.5 Å². The SMILES string of the molecule is C#CC12CCCC(=CC=C3CC(O)CCC3=C)C1CCC2CCCCC(C)C. The minimum atomic E-state index is -0.201. The first-order chi connectivity index (χ1) is 13.5. The predicted octanol–water partition coefficient (Wildman–Crippen LogP) is 6.99. The van der Waals surface area contributed by atoms with E-state index in [1.165, 1.54) is 68.9 Å². The third-order valence-corrected chi connectivity index (χ3v) is 7.70. The van der Waals surface area contributed by atoms with Gasteiger partial charge in [-0.1, -0.05) is 68.9 Å². The molecule has 0 amide bonds. The van der Waals surface area contributed by atoms with Crippen LogP contribution in [-0.4, -0.2) is 11.2 Å². The normalized spacial score (nSPS) is 36.1. The Kier molecular flexibility index (Phi) is 7.27. The average molecular weight is 381 g/mol. The Balaban J connectivity index is 1.71. The molecular formula is C27H40O. The van der Waals surface area contributed by atoms with Gasteiger partial charge in [0.05, 0.1) is 6.10 Å². The van der Waals surface area contributed by atoms with Crippen LogP contribution in [0.4, 0.5) is 0 Å². The van der Waals surface area contributed by atoms with E-state index >= 15 is 0 Å². The Labute approximate surface area is 173 Å². The first-order valence-electron chi connectivity index (χ1n) is 11.7. The van der Waals surface area contributed by atoms with Crippen molar-refractivity contribution in [2.24, 2.45) is 23.2 Å². The molecule has 4 atom stereocenters. The monoisotopic (exact) mass is 380 g/mol. The van der Waals surface area contributed by atoms with Gasteiger partial charge in [0.15, 0.2) is 0 Å². The fourth-order valence-corrected chi connectivity index (χ4v) is 6.05. The predicted molar refractivity (Wildman–Crippen MR) is 120 cm³/mol. The molecule has 0 heterocycles. The highest BCUT2D eigenvalue weighted by Gasteiger charge is 2.50. The van der Waals surface area contributed by atoms with E-state index < -0.39 is 0 Å². The Bertz CT molecular complexity index is 658. The Morgan fingerprint density at radius 1 is 1.21 bits per heavy atom. The average Bonchev–Trinajstić information content (AvgIpc) is 3.05. The number of hydrogen-bond donors (Lipinski definition) is 1. The van der Waals surface area contributed by atoms with Gasteiger partial charge in [0.2, 0.25) is 0 Å². The molecule has 0 aromatic rings. The van der Waals surface area contributed by atoms with E-state index in [1.807, 2.05) is 0 Å². The second-order valence-electron chi connectivity index (χ2n) is 9.98. The Morgan fingerprint density at radius 3 is 2.79 bits per heavy atom. The number of aliphatic hydroxyl groups excluding tert-OH is 1. The number of hydrogen-bond acceptors (Lipinski definition) is 1. The summed E-state index contributed by atoms with van der Waals surface area (Å²) in [6.07, 6.45) is 24.7. The van der Waals surface area contributed by atoms with Crippen molar-refractivity contribution in [1.82, 2.24) is 0 Å². The van der Waals surface area contributed by atoms with E-state index in [0.717, 1.165) is 25.2 Å². The lowest BCUT2D eigenvalue weighted by Crippen LogP contribution is -2.34. The Morgan fingerprint density at radius 2 is 2.04 bits per heavy atom. The van der Waals surface area contributed by atoms with Gasteiger partial charge >= 0.3 is 0 Å². The summed E-state index contributed by atoms with van der Waals surface area (Å²) in [7, 11) is 0. The Hall–Kier alpha value is -1.26. The lowest BCUT2D eigenvalue weighted by Gasteiger charge is -2.41. The molecule has 3 rings (SSSR count). The molecule has 3 aliphatic rings. The van der Waals surface area contributed by atoms with Gasteiger partial charge in [-0.05, 0) is 81.1 Å². The smallest absolute Gasteiger partial charge is 0.0583 e. The molecule has 28 heavy (non-hydrogen) atoms. The zero-order chi connectivity index (χ0) is 20.1. The molecule has 3 fully saturated rings. The first-order valence-corrected chi connectivity index (χ1v) is 11.7. The maximum absolute atomic E-state index is 10.0. The van der Waals surface area contributed by atoms with Crippen molar-refractivity contribution < 1.29 is 5.11 Å². The van der Waals surface area contributed by atoms with Crippen LogP contribution < -0.4 is 0 Å². The highest BCUT2D eigenvalue weighted by molar-refractivity contribution is 5.37. The molecule has 0 aliphatic heterocycles. The maximum Gasteiger partial charge on any atom is 0.0583 e. The summed E-state index contributed by atoms with van der Waals surface area (Å²) in [6.45, 7) is 8.86. The third-order valence-electron chi connectivity index (χ3n) is 7.70. The number of unbranched alkanes of at least 4 members (excludes halogenated alkanes) is 1. The van der Waals surface area contributed by atoms with Gasteiger partial charge in [0, 0.05) is 5.41 Å². The van der Waals surface area contributed by atoms with Crippen LogP contribution in [0.2, 0.25) is 0 Å². The summed E-state index contributed by atoms with van der Waals surface area (Å²) in [5, 5.41) is 10.0. The molecule has 3 saturated carbocycles. The van der Waals surface area contributed by atoms with Gasteiger partial charge in [-0.3, -0.25) is 0 Å². The molecule has 1 heteroatoms. The van der Waals surface area contributed by atoms with Gasteiger partial charge in [-0.2, -0.15) is 0 Å². The lowest BCUT2D eigenvalue weighted by molar-refractivity contribution is 0.158. The van der Waals surface area contributed by atoms with Crippen LogP contribution in [0.15, 0.2) is 35.5 Å². The van der Waals surface area contributed by atoms with Crippen LogP contribution in [0, 0.1) is 35.5 Å². The van der Waals surface area contributed by atoms with Crippen LogP contribution in [0.3, 0.4) is 0 Å². The maximum atomic E-state index is 10.0. The van der Waals surface area contributed by atoms with Gasteiger partial charge < -0.3 is 5.11 Å². The van der Waals surface area contributed by atoms with E-state index in [-0.39, 0.29) is 11.5 Å². The zero-order valence-electron chi connectivity index (χ0n) is 18.2. The molecule has 1 N–H and O–H groups in total. The van der Waals surface area contributed by atoms with E-state index in [9.17, 15) is 5.11 Å². The number of allylic oxidation sites excluding steroid dienone is 4. The number of rotatable bonds is 6. The largest absolute Gasteiger partial charge is 0.393 e. The van der Waals surface area contributed by atoms with Crippen LogP contribution in [0.5, 0.6) is 0 Å².